The van der Waals surface area contributed by atoms with Crippen molar-refractivity contribution >= 4 is 39.4 Å². The number of benzene rings is 2. The predicted octanol–water partition coefficient (Wildman–Crippen LogP) is 3.49. The number of para-hydroxylation sites is 2. The molecule has 142 valence electrons. The summed E-state index contributed by atoms with van der Waals surface area (Å²) >= 11 is 6.09. The topological polar surface area (TPSA) is 79.8 Å². The summed E-state index contributed by atoms with van der Waals surface area (Å²) in [7, 11) is 0. The monoisotopic (exact) mass is 398 g/mol. The second kappa shape index (κ2) is 7.44. The van der Waals surface area contributed by atoms with Gasteiger partial charge in [-0.2, -0.15) is 0 Å². The highest BCUT2D eigenvalue weighted by Gasteiger charge is 2.13. The van der Waals surface area contributed by atoms with Crippen LogP contribution in [0.2, 0.25) is 5.15 Å². The number of fused-ring (bicyclic) bond motifs is 2. The van der Waals surface area contributed by atoms with Gasteiger partial charge >= 0.3 is 5.69 Å². The number of aromatic nitrogens is 3. The second-order valence-corrected chi connectivity index (χ2v) is 6.73. The van der Waals surface area contributed by atoms with E-state index >= 15 is 0 Å². The van der Waals surface area contributed by atoms with Gasteiger partial charge in [0.05, 0.1) is 22.1 Å². The van der Waals surface area contributed by atoms with Gasteiger partial charge < -0.3 is 10.3 Å². The van der Waals surface area contributed by atoms with Crippen molar-refractivity contribution in [3.05, 3.63) is 75.5 Å². The van der Waals surface area contributed by atoms with Crippen molar-refractivity contribution in [2.24, 2.45) is 0 Å². The van der Waals surface area contributed by atoms with Crippen LogP contribution in [0.15, 0.2) is 53.3 Å². The number of rotatable bonds is 5. The number of nitrogens with one attached hydrogen (secondary N) is 2. The number of halogens is 2. The number of imidazole rings is 1. The number of hydrogen-bond acceptors (Lipinski definition) is 3. The standard InChI is InChI=1S/C20H16ClFN4O2/c21-18-14(10-12-6-7-13(22)11-16(12)24-18)19(27)23-8-3-9-26-17-5-2-1-4-15(17)25-20(26)28/h1-2,4-7,10-11H,3,8-9H2,(H,23,27)(H,25,28). The Bertz CT molecular complexity index is 1250. The van der Waals surface area contributed by atoms with Crippen molar-refractivity contribution in [1.29, 1.82) is 0 Å². The fourth-order valence-corrected chi connectivity index (χ4v) is 3.37. The Balaban J connectivity index is 1.42. The first-order valence-electron chi connectivity index (χ1n) is 8.74. The largest absolute Gasteiger partial charge is 0.352 e. The number of H-pyrrole nitrogens is 1. The quantitative estimate of drug-likeness (QED) is 0.399. The number of carbonyl (C=O) groups excluding carboxylic acids is 1. The Kier molecular flexibility index (Phi) is 4.83. The minimum atomic E-state index is -0.416. The summed E-state index contributed by atoms with van der Waals surface area (Å²) < 4.78 is 14.9. The molecule has 0 aliphatic rings. The molecule has 4 rings (SSSR count). The van der Waals surface area contributed by atoms with Gasteiger partial charge in [0.1, 0.15) is 11.0 Å². The summed E-state index contributed by atoms with van der Waals surface area (Å²) in [5.74, 6) is -0.782. The summed E-state index contributed by atoms with van der Waals surface area (Å²) in [6.07, 6.45) is 0.567. The molecular weight excluding hydrogens is 383 g/mol. The van der Waals surface area contributed by atoms with Crippen LogP contribution >= 0.6 is 11.6 Å². The molecule has 0 saturated heterocycles. The highest BCUT2D eigenvalue weighted by molar-refractivity contribution is 6.33. The maximum atomic E-state index is 13.3. The molecule has 0 bridgehead atoms. The van der Waals surface area contributed by atoms with E-state index in [0.29, 0.717) is 30.4 Å². The van der Waals surface area contributed by atoms with Crippen LogP contribution in [0.3, 0.4) is 0 Å². The minimum absolute atomic E-state index is 0.0171. The average molecular weight is 399 g/mol. The lowest BCUT2D eigenvalue weighted by molar-refractivity contribution is 0.0952. The molecule has 0 radical (unpaired) electrons. The van der Waals surface area contributed by atoms with Gasteiger partial charge in [0.25, 0.3) is 5.91 Å². The third kappa shape index (κ3) is 3.48. The molecule has 0 fully saturated rings. The predicted molar refractivity (Wildman–Crippen MR) is 106 cm³/mol. The lowest BCUT2D eigenvalue weighted by Gasteiger charge is -2.08. The summed E-state index contributed by atoms with van der Waals surface area (Å²) in [4.78, 5) is 31.4. The molecule has 0 aliphatic carbocycles. The van der Waals surface area contributed by atoms with Crippen LogP contribution in [0.4, 0.5) is 4.39 Å². The molecule has 0 aliphatic heterocycles. The van der Waals surface area contributed by atoms with Gasteiger partial charge in [0.15, 0.2) is 0 Å². The van der Waals surface area contributed by atoms with Crippen LogP contribution in [0.5, 0.6) is 0 Å². The van der Waals surface area contributed by atoms with Gasteiger partial charge in [-0.25, -0.2) is 14.2 Å². The minimum Gasteiger partial charge on any atom is -0.352 e. The fourth-order valence-electron chi connectivity index (χ4n) is 3.14. The van der Waals surface area contributed by atoms with Crippen LogP contribution < -0.4 is 11.0 Å². The number of pyridine rings is 1. The summed E-state index contributed by atoms with van der Waals surface area (Å²) in [6.45, 7) is 0.828. The Hall–Kier alpha value is -3.19. The zero-order valence-corrected chi connectivity index (χ0v) is 15.5. The average Bonchev–Trinajstić information content (AvgIpc) is 2.99. The van der Waals surface area contributed by atoms with Crippen molar-refractivity contribution in [2.45, 2.75) is 13.0 Å². The van der Waals surface area contributed by atoms with E-state index in [9.17, 15) is 14.0 Å². The number of aromatic amines is 1. The SMILES string of the molecule is O=C(NCCCn1c(=O)[nH]c2ccccc21)c1cc2ccc(F)cc2nc1Cl. The molecule has 4 aromatic rings. The maximum Gasteiger partial charge on any atom is 0.326 e. The third-order valence-electron chi connectivity index (χ3n) is 4.50. The number of nitrogens with zero attached hydrogens (tertiary/aromatic N) is 2. The Morgan fingerprint density at radius 3 is 2.89 bits per heavy atom. The van der Waals surface area contributed by atoms with E-state index in [0.717, 1.165) is 11.0 Å². The molecule has 1 amide bonds. The first kappa shape index (κ1) is 18.2. The lowest BCUT2D eigenvalue weighted by atomic mass is 10.1. The molecule has 2 aromatic carbocycles. The zero-order valence-electron chi connectivity index (χ0n) is 14.7. The van der Waals surface area contributed by atoms with Crippen molar-refractivity contribution in [2.75, 3.05) is 6.54 Å². The van der Waals surface area contributed by atoms with Gasteiger partial charge in [0, 0.05) is 24.5 Å². The Morgan fingerprint density at radius 2 is 2.04 bits per heavy atom. The molecule has 28 heavy (non-hydrogen) atoms. The summed E-state index contributed by atoms with van der Waals surface area (Å²) in [5.41, 5.74) is 2.04. The first-order valence-corrected chi connectivity index (χ1v) is 9.12. The van der Waals surface area contributed by atoms with Crippen molar-refractivity contribution in [3.8, 4) is 0 Å². The van der Waals surface area contributed by atoms with E-state index < -0.39 is 5.82 Å². The summed E-state index contributed by atoms with van der Waals surface area (Å²) in [6, 6.07) is 13.1. The molecule has 8 heteroatoms. The summed E-state index contributed by atoms with van der Waals surface area (Å²) in [5, 5.41) is 3.43. The number of carbonyl (C=O) groups is 1. The van der Waals surface area contributed by atoms with Crippen LogP contribution in [-0.4, -0.2) is 27.0 Å². The zero-order chi connectivity index (χ0) is 19.7. The van der Waals surface area contributed by atoms with E-state index in [4.69, 9.17) is 11.6 Å². The molecule has 2 N–H and O–H groups in total. The van der Waals surface area contributed by atoms with Gasteiger partial charge in [0.2, 0.25) is 0 Å². The molecule has 2 aromatic heterocycles. The normalized spacial score (nSPS) is 11.2. The molecule has 2 heterocycles. The molecule has 0 unspecified atom stereocenters. The number of hydrogen-bond donors (Lipinski definition) is 2. The van der Waals surface area contributed by atoms with Crippen LogP contribution in [0, 0.1) is 5.82 Å². The molecule has 0 atom stereocenters. The van der Waals surface area contributed by atoms with E-state index in [-0.39, 0.29) is 22.3 Å². The molecule has 0 spiro atoms. The highest BCUT2D eigenvalue weighted by Crippen LogP contribution is 2.21. The lowest BCUT2D eigenvalue weighted by Crippen LogP contribution is -2.27. The van der Waals surface area contributed by atoms with E-state index in [1.807, 2.05) is 24.3 Å². The van der Waals surface area contributed by atoms with Gasteiger partial charge in [-0.15, -0.1) is 0 Å². The Morgan fingerprint density at radius 1 is 1.21 bits per heavy atom. The van der Waals surface area contributed by atoms with E-state index in [1.54, 1.807) is 16.7 Å². The van der Waals surface area contributed by atoms with Crippen LogP contribution in [-0.2, 0) is 6.54 Å². The van der Waals surface area contributed by atoms with Crippen LogP contribution in [0.25, 0.3) is 21.9 Å². The molecule has 6 nitrogen and oxygen atoms in total. The highest BCUT2D eigenvalue weighted by atomic mass is 35.5. The van der Waals surface area contributed by atoms with E-state index in [1.165, 1.54) is 12.1 Å². The van der Waals surface area contributed by atoms with Crippen molar-refractivity contribution in [1.82, 2.24) is 19.9 Å². The van der Waals surface area contributed by atoms with Gasteiger partial charge in [-0.3, -0.25) is 9.36 Å². The van der Waals surface area contributed by atoms with Crippen molar-refractivity contribution in [3.63, 3.8) is 0 Å². The number of amides is 1. The smallest absolute Gasteiger partial charge is 0.326 e. The van der Waals surface area contributed by atoms with Gasteiger partial charge in [-0.05, 0) is 36.8 Å². The molecular formula is C20H16ClFN4O2. The Labute approximate surface area is 164 Å². The fraction of sp³-hybridized carbons (Fsp3) is 0.150. The van der Waals surface area contributed by atoms with Gasteiger partial charge in [-0.1, -0.05) is 23.7 Å². The third-order valence-corrected chi connectivity index (χ3v) is 4.79. The molecule has 0 saturated carbocycles. The second-order valence-electron chi connectivity index (χ2n) is 6.37. The van der Waals surface area contributed by atoms with Crippen molar-refractivity contribution < 1.29 is 9.18 Å². The first-order chi connectivity index (χ1) is 13.5. The van der Waals surface area contributed by atoms with E-state index in [2.05, 4.69) is 15.3 Å². The number of aryl methyl sites for hydroxylation is 1. The van der Waals surface area contributed by atoms with Crippen LogP contribution in [0.1, 0.15) is 16.8 Å². The maximum absolute atomic E-state index is 13.3.